The molecule has 4 rings (SSSR count). The predicted molar refractivity (Wildman–Crippen MR) is 117 cm³/mol. The molecule has 0 unspecified atom stereocenters. The molecule has 0 spiro atoms. The van der Waals surface area contributed by atoms with Crippen LogP contribution in [-0.2, 0) is 17.9 Å². The van der Waals surface area contributed by atoms with Crippen LogP contribution < -0.4 is 11.0 Å². The van der Waals surface area contributed by atoms with Gasteiger partial charge in [-0.15, -0.1) is 0 Å². The summed E-state index contributed by atoms with van der Waals surface area (Å²) in [6.45, 7) is 4.86. The van der Waals surface area contributed by atoms with Gasteiger partial charge < -0.3 is 9.88 Å². The lowest BCUT2D eigenvalue weighted by Gasteiger charge is -2.15. The first-order valence-corrected chi connectivity index (χ1v) is 10.1. The van der Waals surface area contributed by atoms with Crippen LogP contribution >= 0.6 is 0 Å². The van der Waals surface area contributed by atoms with Crippen molar-refractivity contribution in [2.45, 2.75) is 39.4 Å². The smallest absolute Gasteiger partial charge is 0.329 e. The van der Waals surface area contributed by atoms with Crippen molar-refractivity contribution < 1.29 is 4.79 Å². The number of aromatic nitrogens is 4. The highest BCUT2D eigenvalue weighted by Gasteiger charge is 2.14. The maximum absolute atomic E-state index is 12.7. The highest BCUT2D eigenvalue weighted by atomic mass is 16.2. The maximum atomic E-state index is 12.7. The summed E-state index contributed by atoms with van der Waals surface area (Å²) in [7, 11) is 0. The van der Waals surface area contributed by atoms with Crippen molar-refractivity contribution in [1.29, 1.82) is 0 Å². The minimum atomic E-state index is -0.122. The molecule has 2 aromatic heterocycles. The number of nitrogens with zero attached hydrogens (tertiary/aromatic N) is 4. The van der Waals surface area contributed by atoms with E-state index in [4.69, 9.17) is 0 Å². The summed E-state index contributed by atoms with van der Waals surface area (Å²) < 4.78 is 5.35. The molecule has 7 nitrogen and oxygen atoms in total. The van der Waals surface area contributed by atoms with Gasteiger partial charge in [-0.25, -0.2) is 9.78 Å². The zero-order valence-corrected chi connectivity index (χ0v) is 17.2. The van der Waals surface area contributed by atoms with Gasteiger partial charge in [0.05, 0.1) is 23.4 Å². The molecule has 1 atom stereocenters. The van der Waals surface area contributed by atoms with Crippen LogP contribution in [0.3, 0.4) is 0 Å². The van der Waals surface area contributed by atoms with Crippen molar-refractivity contribution in [3.8, 4) is 5.69 Å². The molecule has 0 saturated carbocycles. The van der Waals surface area contributed by atoms with Crippen LogP contribution in [0.5, 0.6) is 0 Å². The monoisotopic (exact) mass is 403 g/mol. The van der Waals surface area contributed by atoms with E-state index in [1.54, 1.807) is 21.7 Å². The Balaban J connectivity index is 1.41. The molecule has 0 aliphatic rings. The van der Waals surface area contributed by atoms with Crippen molar-refractivity contribution in [2.75, 3.05) is 0 Å². The number of nitrogens with one attached hydrogen (secondary N) is 1. The van der Waals surface area contributed by atoms with Gasteiger partial charge in [0.25, 0.3) is 0 Å². The van der Waals surface area contributed by atoms with Crippen molar-refractivity contribution in [3.63, 3.8) is 0 Å². The van der Waals surface area contributed by atoms with Crippen LogP contribution in [-0.4, -0.2) is 24.6 Å². The molecule has 4 aromatic rings. The number of hydrogen-bond donors (Lipinski definition) is 1. The average Bonchev–Trinajstić information content (AvgIpc) is 3.38. The molecule has 7 heteroatoms. The van der Waals surface area contributed by atoms with Gasteiger partial charge in [0.15, 0.2) is 0 Å². The standard InChI is InChI=1S/C23H25N5O2/c1-3-27-20-6-4-5-7-21(20)28(23(27)30)14-12-22(29)25-17(2)18-8-10-19(11-9-18)26-15-13-24-16-26/h4-11,13,15-17H,3,12,14H2,1-2H3,(H,25,29)/t17-/m0/s1. The lowest BCUT2D eigenvalue weighted by Crippen LogP contribution is -2.30. The van der Waals surface area contributed by atoms with Crippen LogP contribution in [0.25, 0.3) is 16.7 Å². The fourth-order valence-corrected chi connectivity index (χ4v) is 3.75. The number of carbonyl (C=O) groups is 1. The fraction of sp³-hybridized carbons (Fsp3) is 0.261. The third-order valence-electron chi connectivity index (χ3n) is 5.38. The van der Waals surface area contributed by atoms with Gasteiger partial charge in [-0.1, -0.05) is 24.3 Å². The second-order valence-corrected chi connectivity index (χ2v) is 7.27. The third-order valence-corrected chi connectivity index (χ3v) is 5.38. The highest BCUT2D eigenvalue weighted by molar-refractivity contribution is 5.78. The second-order valence-electron chi connectivity index (χ2n) is 7.27. The van der Waals surface area contributed by atoms with Crippen molar-refractivity contribution in [1.82, 2.24) is 24.0 Å². The van der Waals surface area contributed by atoms with Crippen molar-refractivity contribution >= 4 is 16.9 Å². The van der Waals surface area contributed by atoms with E-state index in [2.05, 4.69) is 10.3 Å². The molecular formula is C23H25N5O2. The van der Waals surface area contributed by atoms with Crippen molar-refractivity contribution in [2.24, 2.45) is 0 Å². The predicted octanol–water partition coefficient (Wildman–Crippen LogP) is 3.28. The first-order chi connectivity index (χ1) is 14.6. The maximum Gasteiger partial charge on any atom is 0.329 e. The number of fused-ring (bicyclic) bond motifs is 1. The Kier molecular flexibility index (Phi) is 5.52. The summed E-state index contributed by atoms with van der Waals surface area (Å²) in [6, 6.07) is 15.6. The van der Waals surface area contributed by atoms with Gasteiger partial charge in [0.1, 0.15) is 0 Å². The molecule has 0 radical (unpaired) electrons. The van der Waals surface area contributed by atoms with E-state index in [1.807, 2.05) is 73.1 Å². The van der Waals surface area contributed by atoms with Crippen LogP contribution in [0, 0.1) is 0 Å². The number of amides is 1. The lowest BCUT2D eigenvalue weighted by atomic mass is 10.1. The van der Waals surface area contributed by atoms with Gasteiger partial charge in [0.2, 0.25) is 5.91 Å². The summed E-state index contributed by atoms with van der Waals surface area (Å²) in [6.07, 6.45) is 5.62. The molecule has 2 heterocycles. The molecule has 1 amide bonds. The summed E-state index contributed by atoms with van der Waals surface area (Å²) in [5.74, 6) is -0.0820. The van der Waals surface area contributed by atoms with E-state index in [0.717, 1.165) is 22.3 Å². The Morgan fingerprint density at radius 1 is 1.07 bits per heavy atom. The van der Waals surface area contributed by atoms with Crippen LogP contribution in [0.4, 0.5) is 0 Å². The molecule has 0 bridgehead atoms. The number of para-hydroxylation sites is 2. The Bertz CT molecular complexity index is 1200. The van der Waals surface area contributed by atoms with E-state index in [-0.39, 0.29) is 24.1 Å². The first-order valence-electron chi connectivity index (χ1n) is 10.1. The van der Waals surface area contributed by atoms with E-state index in [9.17, 15) is 9.59 Å². The summed E-state index contributed by atoms with van der Waals surface area (Å²) in [4.78, 5) is 29.3. The Morgan fingerprint density at radius 2 is 1.77 bits per heavy atom. The number of hydrogen-bond acceptors (Lipinski definition) is 3. The zero-order valence-electron chi connectivity index (χ0n) is 17.2. The lowest BCUT2D eigenvalue weighted by molar-refractivity contribution is -0.121. The van der Waals surface area contributed by atoms with E-state index >= 15 is 0 Å². The summed E-state index contributed by atoms with van der Waals surface area (Å²) in [5.41, 5.74) is 3.72. The van der Waals surface area contributed by atoms with Gasteiger partial charge in [-0.05, 0) is 43.7 Å². The number of aryl methyl sites for hydroxylation is 2. The average molecular weight is 403 g/mol. The van der Waals surface area contributed by atoms with E-state index < -0.39 is 0 Å². The van der Waals surface area contributed by atoms with E-state index in [0.29, 0.717) is 13.1 Å². The molecule has 2 aromatic carbocycles. The zero-order chi connectivity index (χ0) is 21.1. The normalized spacial score (nSPS) is 12.2. The Morgan fingerprint density at radius 3 is 2.40 bits per heavy atom. The molecule has 1 N–H and O–H groups in total. The van der Waals surface area contributed by atoms with Crippen molar-refractivity contribution in [3.05, 3.63) is 83.3 Å². The fourth-order valence-electron chi connectivity index (χ4n) is 3.75. The van der Waals surface area contributed by atoms with Crippen LogP contribution in [0.15, 0.2) is 72.0 Å². The number of imidazole rings is 2. The van der Waals surface area contributed by atoms with Gasteiger partial charge >= 0.3 is 5.69 Å². The minimum absolute atomic E-state index is 0.0744. The topological polar surface area (TPSA) is 73.8 Å². The Hall–Kier alpha value is -3.61. The van der Waals surface area contributed by atoms with Gasteiger partial charge in [-0.2, -0.15) is 0 Å². The quantitative estimate of drug-likeness (QED) is 0.515. The molecule has 154 valence electrons. The van der Waals surface area contributed by atoms with E-state index in [1.165, 1.54) is 0 Å². The summed E-state index contributed by atoms with van der Waals surface area (Å²) >= 11 is 0. The van der Waals surface area contributed by atoms with Crippen LogP contribution in [0.2, 0.25) is 0 Å². The molecular weight excluding hydrogens is 378 g/mol. The Labute approximate surface area is 174 Å². The number of carbonyl (C=O) groups excluding carboxylic acids is 1. The molecule has 0 aliphatic heterocycles. The third kappa shape index (κ3) is 3.78. The molecule has 30 heavy (non-hydrogen) atoms. The van der Waals surface area contributed by atoms with Gasteiger partial charge in [-0.3, -0.25) is 13.9 Å². The highest BCUT2D eigenvalue weighted by Crippen LogP contribution is 2.16. The van der Waals surface area contributed by atoms with Crippen LogP contribution in [0.1, 0.15) is 31.9 Å². The largest absolute Gasteiger partial charge is 0.350 e. The number of rotatable bonds is 7. The first kappa shape index (κ1) is 19.7. The SMILES string of the molecule is CCn1c(=O)n(CCC(=O)N[C@@H](C)c2ccc(-n3ccnc3)cc2)c2ccccc21. The molecule has 0 fully saturated rings. The van der Waals surface area contributed by atoms with Gasteiger partial charge in [0, 0.05) is 37.6 Å². The molecule has 0 aliphatic carbocycles. The minimum Gasteiger partial charge on any atom is -0.350 e. The molecule has 0 saturated heterocycles. The summed E-state index contributed by atoms with van der Waals surface area (Å²) in [5, 5.41) is 3.03. The second kappa shape index (κ2) is 8.41. The number of benzene rings is 2.